The van der Waals surface area contributed by atoms with E-state index in [-0.39, 0.29) is 11.3 Å². The van der Waals surface area contributed by atoms with Crippen LogP contribution in [-0.2, 0) is 25.2 Å². The Bertz CT molecular complexity index is 775. The molecule has 1 aromatic rings. The fourth-order valence-corrected chi connectivity index (χ4v) is 2.32. The van der Waals surface area contributed by atoms with Crippen molar-refractivity contribution in [3.63, 3.8) is 0 Å². The van der Waals surface area contributed by atoms with Gasteiger partial charge in [-0.3, -0.25) is 9.59 Å². The summed E-state index contributed by atoms with van der Waals surface area (Å²) in [7, 11) is 2.30. The van der Waals surface area contributed by atoms with Crippen molar-refractivity contribution in [3.05, 3.63) is 29.3 Å². The lowest BCUT2D eigenvalue weighted by atomic mass is 10.00. The van der Waals surface area contributed by atoms with E-state index in [9.17, 15) is 27.6 Å². The van der Waals surface area contributed by atoms with Gasteiger partial charge in [0.2, 0.25) is 5.91 Å². The molecule has 0 aromatic heterocycles. The molecule has 0 aliphatic rings. The summed E-state index contributed by atoms with van der Waals surface area (Å²) < 4.78 is 54.0. The summed E-state index contributed by atoms with van der Waals surface area (Å²) in [5, 5.41) is 4.64. The molecule has 11 heteroatoms. The molecule has 2 N–H and O–H groups in total. The van der Waals surface area contributed by atoms with E-state index in [1.54, 1.807) is 20.8 Å². The lowest BCUT2D eigenvalue weighted by Gasteiger charge is -2.22. The van der Waals surface area contributed by atoms with Gasteiger partial charge in [-0.15, -0.1) is 0 Å². The monoisotopic (exact) mass is 434 g/mol. The molecule has 0 spiro atoms. The Morgan fingerprint density at radius 3 is 2.20 bits per heavy atom. The quantitative estimate of drug-likeness (QED) is 0.640. The van der Waals surface area contributed by atoms with Gasteiger partial charge in [0.25, 0.3) is 0 Å². The standard InChI is InChI=1S/C19H25F3N2O6/c1-18(2,3)30-17(27)23-10-15(25)24-14(9-16(26)29-5)11-6-12(19(20,21)22)8-13(7-11)28-4/h6-8,14H,9-10H2,1-5H3,(H,23,27)(H,24,25)/t14-/m0/s1. The van der Waals surface area contributed by atoms with E-state index < -0.39 is 54.3 Å². The molecule has 0 aliphatic heterocycles. The summed E-state index contributed by atoms with van der Waals surface area (Å²) in [5.74, 6) is -1.60. The molecular formula is C19H25F3N2O6. The third kappa shape index (κ3) is 8.58. The molecule has 0 radical (unpaired) electrons. The van der Waals surface area contributed by atoms with E-state index in [0.717, 1.165) is 19.2 Å². The van der Waals surface area contributed by atoms with Crippen molar-refractivity contribution in [3.8, 4) is 5.75 Å². The number of rotatable bonds is 7. The smallest absolute Gasteiger partial charge is 0.416 e. The number of amides is 2. The van der Waals surface area contributed by atoms with Crippen molar-refractivity contribution < 1.29 is 41.8 Å². The van der Waals surface area contributed by atoms with Gasteiger partial charge in [0.15, 0.2) is 0 Å². The van der Waals surface area contributed by atoms with Crippen LogP contribution < -0.4 is 15.4 Å². The van der Waals surface area contributed by atoms with E-state index in [1.807, 2.05) is 0 Å². The summed E-state index contributed by atoms with van der Waals surface area (Å²) in [4.78, 5) is 35.6. The Kier molecular flexibility index (Phi) is 8.49. The highest BCUT2D eigenvalue weighted by Gasteiger charge is 2.32. The highest BCUT2D eigenvalue weighted by molar-refractivity contribution is 5.83. The van der Waals surface area contributed by atoms with Gasteiger partial charge in [0.05, 0.1) is 32.2 Å². The predicted octanol–water partition coefficient (Wildman–Crippen LogP) is 2.96. The Balaban J connectivity index is 3.04. The van der Waals surface area contributed by atoms with Gasteiger partial charge in [-0.25, -0.2) is 4.79 Å². The Hall–Kier alpha value is -2.98. The maximum Gasteiger partial charge on any atom is 0.416 e. The Morgan fingerprint density at radius 1 is 1.07 bits per heavy atom. The topological polar surface area (TPSA) is 103 Å². The zero-order valence-electron chi connectivity index (χ0n) is 17.3. The largest absolute Gasteiger partial charge is 0.497 e. The maximum atomic E-state index is 13.2. The first-order valence-corrected chi connectivity index (χ1v) is 8.84. The number of alkyl halides is 3. The highest BCUT2D eigenvalue weighted by Crippen LogP contribution is 2.34. The van der Waals surface area contributed by atoms with Crippen molar-refractivity contribution in [1.29, 1.82) is 0 Å². The molecule has 1 aromatic carbocycles. The van der Waals surface area contributed by atoms with Gasteiger partial charge < -0.3 is 24.8 Å². The number of ether oxygens (including phenoxy) is 3. The van der Waals surface area contributed by atoms with Crippen LogP contribution in [0.1, 0.15) is 44.4 Å². The molecule has 1 rings (SSSR count). The van der Waals surface area contributed by atoms with Crippen LogP contribution in [-0.4, -0.2) is 44.3 Å². The summed E-state index contributed by atoms with van der Waals surface area (Å²) in [6, 6.07) is 1.72. The minimum atomic E-state index is -4.67. The second-order valence-electron chi connectivity index (χ2n) is 7.25. The highest BCUT2D eigenvalue weighted by atomic mass is 19.4. The van der Waals surface area contributed by atoms with Crippen molar-refractivity contribution >= 4 is 18.0 Å². The van der Waals surface area contributed by atoms with Crippen LogP contribution in [0.3, 0.4) is 0 Å². The van der Waals surface area contributed by atoms with Crippen LogP contribution in [0.4, 0.5) is 18.0 Å². The molecule has 0 saturated carbocycles. The van der Waals surface area contributed by atoms with E-state index in [0.29, 0.717) is 0 Å². The number of alkyl carbamates (subject to hydrolysis) is 1. The summed E-state index contributed by atoms with van der Waals surface area (Å²) in [6.07, 6.45) is -5.94. The number of benzene rings is 1. The van der Waals surface area contributed by atoms with Crippen molar-refractivity contribution in [2.24, 2.45) is 0 Å². The molecule has 30 heavy (non-hydrogen) atoms. The van der Waals surface area contributed by atoms with Gasteiger partial charge in [0, 0.05) is 0 Å². The zero-order valence-corrected chi connectivity index (χ0v) is 17.3. The zero-order chi connectivity index (χ0) is 23.1. The molecule has 0 aliphatic carbocycles. The second kappa shape index (κ2) is 10.2. The average molecular weight is 434 g/mol. The van der Waals surface area contributed by atoms with E-state index in [1.165, 1.54) is 13.2 Å². The number of methoxy groups -OCH3 is 2. The van der Waals surface area contributed by atoms with Crippen LogP contribution in [0.15, 0.2) is 18.2 Å². The van der Waals surface area contributed by atoms with Gasteiger partial charge in [-0.05, 0) is 44.5 Å². The summed E-state index contributed by atoms with van der Waals surface area (Å²) in [5.41, 5.74) is -1.80. The van der Waals surface area contributed by atoms with Gasteiger partial charge in [-0.2, -0.15) is 13.2 Å². The van der Waals surface area contributed by atoms with E-state index in [4.69, 9.17) is 9.47 Å². The molecule has 2 amide bonds. The number of halogens is 3. The molecule has 168 valence electrons. The number of hydrogen-bond donors (Lipinski definition) is 2. The Labute approximate surface area is 172 Å². The van der Waals surface area contributed by atoms with Gasteiger partial charge in [-0.1, -0.05) is 0 Å². The molecule has 0 bridgehead atoms. The van der Waals surface area contributed by atoms with Crippen LogP contribution in [0.2, 0.25) is 0 Å². The van der Waals surface area contributed by atoms with Crippen LogP contribution in [0.25, 0.3) is 0 Å². The lowest BCUT2D eigenvalue weighted by Crippen LogP contribution is -2.41. The number of carbonyl (C=O) groups is 3. The van der Waals surface area contributed by atoms with Crippen molar-refractivity contribution in [1.82, 2.24) is 10.6 Å². The van der Waals surface area contributed by atoms with Gasteiger partial charge >= 0.3 is 18.2 Å². The summed E-state index contributed by atoms with van der Waals surface area (Å²) in [6.45, 7) is 4.41. The molecule has 0 fully saturated rings. The molecule has 0 heterocycles. The fourth-order valence-electron chi connectivity index (χ4n) is 2.32. The van der Waals surface area contributed by atoms with Crippen LogP contribution in [0, 0.1) is 0 Å². The SMILES string of the molecule is COC(=O)C[C@H](NC(=O)CNC(=O)OC(C)(C)C)c1cc(OC)cc(C(F)(F)F)c1. The number of hydrogen-bond acceptors (Lipinski definition) is 6. The van der Waals surface area contributed by atoms with Crippen molar-refractivity contribution in [2.45, 2.75) is 45.0 Å². The molecule has 0 saturated heterocycles. The number of nitrogens with one attached hydrogen (secondary N) is 2. The predicted molar refractivity (Wildman–Crippen MR) is 99.7 cm³/mol. The normalized spacial score (nSPS) is 12.5. The fraction of sp³-hybridized carbons (Fsp3) is 0.526. The first-order chi connectivity index (χ1) is 13.7. The molecule has 8 nitrogen and oxygen atoms in total. The van der Waals surface area contributed by atoms with E-state index >= 15 is 0 Å². The first kappa shape index (κ1) is 25.1. The minimum absolute atomic E-state index is 0.0160. The second-order valence-corrected chi connectivity index (χ2v) is 7.25. The van der Waals surface area contributed by atoms with Crippen molar-refractivity contribution in [2.75, 3.05) is 20.8 Å². The number of carbonyl (C=O) groups excluding carboxylic acids is 3. The molecule has 1 atom stereocenters. The third-order valence-corrected chi connectivity index (χ3v) is 3.62. The van der Waals surface area contributed by atoms with Crippen LogP contribution in [0.5, 0.6) is 5.75 Å². The minimum Gasteiger partial charge on any atom is -0.497 e. The third-order valence-electron chi connectivity index (χ3n) is 3.62. The lowest BCUT2D eigenvalue weighted by molar-refractivity contribution is -0.141. The summed E-state index contributed by atoms with van der Waals surface area (Å²) >= 11 is 0. The van der Waals surface area contributed by atoms with Gasteiger partial charge in [0.1, 0.15) is 17.9 Å². The average Bonchev–Trinajstić information content (AvgIpc) is 2.63. The molecule has 0 unspecified atom stereocenters. The number of esters is 1. The maximum absolute atomic E-state index is 13.2. The molecular weight excluding hydrogens is 409 g/mol. The van der Waals surface area contributed by atoms with Crippen LogP contribution >= 0.6 is 0 Å². The Morgan fingerprint density at radius 2 is 1.70 bits per heavy atom. The first-order valence-electron chi connectivity index (χ1n) is 8.84. The van der Waals surface area contributed by atoms with E-state index in [2.05, 4.69) is 15.4 Å².